The van der Waals surface area contributed by atoms with Crippen LogP contribution in [-0.4, -0.2) is 28.4 Å². The molecule has 0 unspecified atom stereocenters. The van der Waals surface area contributed by atoms with Gasteiger partial charge < -0.3 is 0 Å². The van der Waals surface area contributed by atoms with Gasteiger partial charge in [0.1, 0.15) is 0 Å². The van der Waals surface area contributed by atoms with Crippen molar-refractivity contribution in [2.45, 2.75) is 13.3 Å². The lowest BCUT2D eigenvalue weighted by Crippen LogP contribution is -1.54. The lowest BCUT2D eigenvalue weighted by Gasteiger charge is -1.66. The topological polar surface area (TPSA) is 0 Å². The van der Waals surface area contributed by atoms with Crippen molar-refractivity contribution in [1.29, 1.82) is 0 Å². The van der Waals surface area contributed by atoms with Crippen LogP contribution >= 0.6 is 15.9 Å². The summed E-state index contributed by atoms with van der Waals surface area (Å²) in [5, 5.41) is 1.13. The number of rotatable bonds is 1. The van der Waals surface area contributed by atoms with Gasteiger partial charge in [-0.25, -0.2) is 0 Å². The number of hydrogen-bond acceptors (Lipinski definition) is 0. The van der Waals surface area contributed by atoms with Crippen LogP contribution in [0.5, 0.6) is 0 Å². The van der Waals surface area contributed by atoms with E-state index in [9.17, 15) is 0 Å². The Hall–Kier alpha value is 1.25. The lowest BCUT2D eigenvalue weighted by molar-refractivity contribution is 1.12. The monoisotopic (exact) mass is 146 g/mol. The van der Waals surface area contributed by atoms with Crippen molar-refractivity contribution in [2.24, 2.45) is 0 Å². The first-order valence-corrected chi connectivity index (χ1v) is 2.60. The third-order valence-electron chi connectivity index (χ3n) is 0.189. The number of hydrogen-bond donors (Lipinski definition) is 0. The minimum atomic E-state index is 0. The van der Waals surface area contributed by atoms with E-state index in [1.807, 2.05) is 0 Å². The maximum atomic E-state index is 3.25. The predicted molar refractivity (Wildman–Crippen MR) is 29.8 cm³/mol. The fourth-order valence-electron chi connectivity index (χ4n) is 0. The van der Waals surface area contributed by atoms with Crippen LogP contribution in [-0.2, 0) is 0 Å². The maximum absolute atomic E-state index is 3.25. The van der Waals surface area contributed by atoms with E-state index in [0.29, 0.717) is 0 Å². The minimum Gasteiger partial charge on any atom is -0.0928 e. The molecule has 0 nitrogen and oxygen atoms in total. The highest BCUT2D eigenvalue weighted by Gasteiger charge is 1.58. The van der Waals surface area contributed by atoms with Gasteiger partial charge in [-0.2, -0.15) is 0 Å². The molecule has 5 heavy (non-hydrogen) atoms. The third-order valence-corrected chi connectivity index (χ3v) is 0.982. The molecule has 0 rings (SSSR count). The van der Waals surface area contributed by atoms with Gasteiger partial charge in [0.05, 0.1) is 0 Å². The Balaban J connectivity index is 0. The summed E-state index contributed by atoms with van der Waals surface area (Å²) in [5.74, 6) is 0. The van der Waals surface area contributed by atoms with Crippen molar-refractivity contribution < 1.29 is 0 Å². The van der Waals surface area contributed by atoms with Crippen molar-refractivity contribution in [2.75, 3.05) is 5.33 Å². The van der Waals surface area contributed by atoms with Gasteiger partial charge in [0.2, 0.25) is 0 Å². The highest BCUT2D eigenvalue weighted by Crippen LogP contribution is 1.80. The molecule has 2 radical (unpaired) electrons. The van der Waals surface area contributed by atoms with E-state index in [-0.39, 0.29) is 23.1 Å². The molecule has 0 amide bonds. The fraction of sp³-hybridized carbons (Fsp3) is 1.00. The first-order chi connectivity index (χ1) is 1.91. The Bertz CT molecular complexity index is 8.85. The molecule has 0 aliphatic rings. The molecule has 0 fully saturated rings. The second-order valence-electron chi connectivity index (χ2n) is 0.689. The second-order valence-corrected chi connectivity index (χ2v) is 1.48. The summed E-state index contributed by atoms with van der Waals surface area (Å²) < 4.78 is 0. The Morgan fingerprint density at radius 3 is 1.80 bits per heavy atom. The van der Waals surface area contributed by atoms with Gasteiger partial charge >= 0.3 is 0 Å². The van der Waals surface area contributed by atoms with E-state index in [4.69, 9.17) is 0 Å². The SMILES string of the molecule is CCCBr.[Mg]. The number of alkyl halides is 1. The van der Waals surface area contributed by atoms with Gasteiger partial charge in [-0.3, -0.25) is 0 Å². The van der Waals surface area contributed by atoms with Crippen molar-refractivity contribution >= 4 is 39.0 Å². The van der Waals surface area contributed by atoms with E-state index >= 15 is 0 Å². The van der Waals surface area contributed by atoms with Crippen LogP contribution in [0.25, 0.3) is 0 Å². The molecule has 0 heterocycles. The normalized spacial score (nSPS) is 6.00. The average Bonchev–Trinajstić information content (AvgIpc) is 1.37. The summed E-state index contributed by atoms with van der Waals surface area (Å²) in [6.07, 6.45) is 1.24. The zero-order valence-electron chi connectivity index (χ0n) is 3.50. The van der Waals surface area contributed by atoms with Crippen LogP contribution in [0, 0.1) is 0 Å². The van der Waals surface area contributed by atoms with Crippen molar-refractivity contribution in [3.8, 4) is 0 Å². The molecule has 28 valence electrons. The molecule has 0 aliphatic carbocycles. The van der Waals surface area contributed by atoms with E-state index in [1.54, 1.807) is 0 Å². The van der Waals surface area contributed by atoms with Crippen molar-refractivity contribution in [3.05, 3.63) is 0 Å². The highest BCUT2D eigenvalue weighted by molar-refractivity contribution is 9.09. The zero-order valence-corrected chi connectivity index (χ0v) is 6.50. The zero-order chi connectivity index (χ0) is 3.41. The molecular formula is C3H7BrMg. The summed E-state index contributed by atoms with van der Waals surface area (Å²) >= 11 is 3.25. The Kier molecular flexibility index (Phi) is 17.1. The molecule has 0 spiro atoms. The molecule has 0 bridgehead atoms. The van der Waals surface area contributed by atoms with Crippen LogP contribution in [0.1, 0.15) is 13.3 Å². The molecule has 0 N–H and O–H groups in total. The van der Waals surface area contributed by atoms with E-state index < -0.39 is 0 Å². The van der Waals surface area contributed by atoms with Gasteiger partial charge in [-0.05, 0) is 6.42 Å². The van der Waals surface area contributed by atoms with Crippen LogP contribution in [0.2, 0.25) is 0 Å². The van der Waals surface area contributed by atoms with Gasteiger partial charge in [0.15, 0.2) is 0 Å². The van der Waals surface area contributed by atoms with Crippen LogP contribution in [0.3, 0.4) is 0 Å². The van der Waals surface area contributed by atoms with Gasteiger partial charge in [0, 0.05) is 28.4 Å². The molecule has 0 saturated carbocycles. The predicted octanol–water partition coefficient (Wildman–Crippen LogP) is 1.41. The van der Waals surface area contributed by atoms with Gasteiger partial charge in [-0.15, -0.1) is 0 Å². The van der Waals surface area contributed by atoms with Crippen LogP contribution in [0.4, 0.5) is 0 Å². The third kappa shape index (κ3) is 11.0. The molecule has 0 aromatic heterocycles. The molecule has 0 aliphatic heterocycles. The van der Waals surface area contributed by atoms with E-state index in [0.717, 1.165) is 5.33 Å². The van der Waals surface area contributed by atoms with Crippen LogP contribution in [0.15, 0.2) is 0 Å². The average molecular weight is 147 g/mol. The summed E-state index contributed by atoms with van der Waals surface area (Å²) in [7, 11) is 0. The van der Waals surface area contributed by atoms with E-state index in [1.165, 1.54) is 6.42 Å². The molecule has 0 aromatic carbocycles. The summed E-state index contributed by atoms with van der Waals surface area (Å²) in [6.45, 7) is 2.13. The Labute approximate surface area is 57.6 Å². The van der Waals surface area contributed by atoms with E-state index in [2.05, 4.69) is 22.9 Å². The van der Waals surface area contributed by atoms with Crippen molar-refractivity contribution in [1.82, 2.24) is 0 Å². The maximum Gasteiger partial charge on any atom is 0.00286 e. The molecule has 0 aromatic rings. The molecule has 0 saturated heterocycles. The van der Waals surface area contributed by atoms with Crippen molar-refractivity contribution in [3.63, 3.8) is 0 Å². The first kappa shape index (κ1) is 9.53. The first-order valence-electron chi connectivity index (χ1n) is 1.47. The Morgan fingerprint density at radius 2 is 1.80 bits per heavy atom. The fourth-order valence-corrected chi connectivity index (χ4v) is 0. The summed E-state index contributed by atoms with van der Waals surface area (Å²) in [6, 6.07) is 0. The largest absolute Gasteiger partial charge is 0.0928 e. The number of halogens is 1. The quantitative estimate of drug-likeness (QED) is 0.388. The molecular weight excluding hydrogens is 140 g/mol. The van der Waals surface area contributed by atoms with Gasteiger partial charge in [-0.1, -0.05) is 22.9 Å². The van der Waals surface area contributed by atoms with Gasteiger partial charge in [0.25, 0.3) is 0 Å². The van der Waals surface area contributed by atoms with Crippen LogP contribution < -0.4 is 0 Å². The molecule has 2 heteroatoms. The summed E-state index contributed by atoms with van der Waals surface area (Å²) in [4.78, 5) is 0. The Morgan fingerprint density at radius 1 is 1.60 bits per heavy atom. The molecule has 0 atom stereocenters. The highest BCUT2D eigenvalue weighted by atomic mass is 79.9. The summed E-state index contributed by atoms with van der Waals surface area (Å²) in [5.41, 5.74) is 0. The second kappa shape index (κ2) is 8.98. The smallest absolute Gasteiger partial charge is 0.00286 e. The minimum absolute atomic E-state index is 0. The standard InChI is InChI=1S/C3H7Br.Mg/c1-2-3-4;/h2-3H2,1H3;. The lowest BCUT2D eigenvalue weighted by atomic mass is 10.6.